The molecule has 0 radical (unpaired) electrons. The summed E-state index contributed by atoms with van der Waals surface area (Å²) in [6.07, 6.45) is 0.453. The van der Waals surface area contributed by atoms with Crippen LogP contribution in [0.5, 0.6) is 0 Å². The van der Waals surface area contributed by atoms with Crippen molar-refractivity contribution in [3.63, 3.8) is 0 Å². The van der Waals surface area contributed by atoms with Gasteiger partial charge in [0.2, 0.25) is 0 Å². The zero-order chi connectivity index (χ0) is 9.14. The fraction of sp³-hybridized carbons (Fsp3) is 0.222. The van der Waals surface area contributed by atoms with Gasteiger partial charge in [-0.2, -0.15) is 5.26 Å². The number of halogens is 2. The van der Waals surface area contributed by atoms with E-state index in [1.807, 2.05) is 19.1 Å². The molecule has 1 rings (SSSR count). The van der Waals surface area contributed by atoms with Gasteiger partial charge in [-0.25, -0.2) is 0 Å². The SMILES string of the molecule is Cc1c(Br)ccc(CC#N)c1Br. The molecular formula is C9H7Br2N. The summed E-state index contributed by atoms with van der Waals surface area (Å²) >= 11 is 6.87. The minimum absolute atomic E-state index is 0.453. The Morgan fingerprint density at radius 3 is 2.67 bits per heavy atom. The highest BCUT2D eigenvalue weighted by atomic mass is 79.9. The van der Waals surface area contributed by atoms with Crippen molar-refractivity contribution in [2.24, 2.45) is 0 Å². The fourth-order valence-corrected chi connectivity index (χ4v) is 2.02. The number of nitrogens with zero attached hydrogens (tertiary/aromatic N) is 1. The first-order valence-electron chi connectivity index (χ1n) is 3.47. The third kappa shape index (κ3) is 1.88. The molecule has 0 unspecified atom stereocenters. The molecule has 1 aromatic rings. The second kappa shape index (κ2) is 4.06. The maximum atomic E-state index is 8.52. The molecule has 3 heteroatoms. The van der Waals surface area contributed by atoms with E-state index in [4.69, 9.17) is 5.26 Å². The van der Waals surface area contributed by atoms with Crippen LogP contribution in [0.25, 0.3) is 0 Å². The van der Waals surface area contributed by atoms with Crippen molar-refractivity contribution in [2.45, 2.75) is 13.3 Å². The van der Waals surface area contributed by atoms with E-state index in [1.165, 1.54) is 0 Å². The molecule has 0 atom stereocenters. The van der Waals surface area contributed by atoms with Gasteiger partial charge in [0.05, 0.1) is 12.5 Å². The summed E-state index contributed by atoms with van der Waals surface area (Å²) in [4.78, 5) is 0. The zero-order valence-electron chi connectivity index (χ0n) is 6.56. The summed E-state index contributed by atoms with van der Waals surface area (Å²) in [5, 5.41) is 8.52. The van der Waals surface area contributed by atoms with Gasteiger partial charge in [-0.1, -0.05) is 37.9 Å². The summed E-state index contributed by atoms with van der Waals surface area (Å²) in [6.45, 7) is 2.01. The van der Waals surface area contributed by atoms with Crippen molar-refractivity contribution in [3.8, 4) is 6.07 Å². The summed E-state index contributed by atoms with van der Waals surface area (Å²) < 4.78 is 2.09. The van der Waals surface area contributed by atoms with E-state index in [0.29, 0.717) is 6.42 Å². The van der Waals surface area contributed by atoms with E-state index >= 15 is 0 Å². The van der Waals surface area contributed by atoms with Crippen LogP contribution in [-0.2, 0) is 6.42 Å². The van der Waals surface area contributed by atoms with Crippen LogP contribution >= 0.6 is 31.9 Å². The third-order valence-electron chi connectivity index (χ3n) is 1.67. The maximum absolute atomic E-state index is 8.52. The third-order valence-corrected chi connectivity index (χ3v) is 3.63. The van der Waals surface area contributed by atoms with E-state index in [0.717, 1.165) is 20.1 Å². The van der Waals surface area contributed by atoms with Crippen molar-refractivity contribution in [3.05, 3.63) is 32.2 Å². The number of rotatable bonds is 1. The molecule has 12 heavy (non-hydrogen) atoms. The largest absolute Gasteiger partial charge is 0.198 e. The minimum atomic E-state index is 0.453. The fourth-order valence-electron chi connectivity index (χ4n) is 0.939. The molecule has 62 valence electrons. The van der Waals surface area contributed by atoms with E-state index in [9.17, 15) is 0 Å². The number of nitriles is 1. The van der Waals surface area contributed by atoms with Crippen LogP contribution in [0.4, 0.5) is 0 Å². The van der Waals surface area contributed by atoms with E-state index in [1.54, 1.807) is 0 Å². The highest BCUT2D eigenvalue weighted by Crippen LogP contribution is 2.27. The maximum Gasteiger partial charge on any atom is 0.0670 e. The Hall–Kier alpha value is -0.330. The van der Waals surface area contributed by atoms with Crippen LogP contribution in [0.1, 0.15) is 11.1 Å². The second-order valence-electron chi connectivity index (χ2n) is 2.48. The Morgan fingerprint density at radius 1 is 1.42 bits per heavy atom. The van der Waals surface area contributed by atoms with Crippen LogP contribution in [-0.4, -0.2) is 0 Å². The molecule has 1 nitrogen and oxygen atoms in total. The lowest BCUT2D eigenvalue weighted by Crippen LogP contribution is -1.87. The standard InChI is InChI=1S/C9H7Br2N/c1-6-8(10)3-2-7(4-5-12)9(6)11/h2-3H,4H2,1H3. The van der Waals surface area contributed by atoms with Gasteiger partial charge in [-0.3, -0.25) is 0 Å². The smallest absolute Gasteiger partial charge is 0.0670 e. The first-order chi connectivity index (χ1) is 5.66. The van der Waals surface area contributed by atoms with E-state index in [2.05, 4.69) is 37.9 Å². The van der Waals surface area contributed by atoms with Crippen molar-refractivity contribution < 1.29 is 0 Å². The van der Waals surface area contributed by atoms with Crippen molar-refractivity contribution in [2.75, 3.05) is 0 Å². The summed E-state index contributed by atoms with van der Waals surface area (Å²) in [6, 6.07) is 6.04. The second-order valence-corrected chi connectivity index (χ2v) is 4.13. The highest BCUT2D eigenvalue weighted by molar-refractivity contribution is 9.11. The average molecular weight is 289 g/mol. The highest BCUT2D eigenvalue weighted by Gasteiger charge is 2.04. The van der Waals surface area contributed by atoms with E-state index in [-0.39, 0.29) is 0 Å². The molecule has 0 saturated carbocycles. The molecule has 0 aliphatic rings. The molecular weight excluding hydrogens is 282 g/mol. The van der Waals surface area contributed by atoms with Gasteiger partial charge < -0.3 is 0 Å². The zero-order valence-corrected chi connectivity index (χ0v) is 9.74. The van der Waals surface area contributed by atoms with Crippen LogP contribution < -0.4 is 0 Å². The molecule has 0 aliphatic carbocycles. The van der Waals surface area contributed by atoms with Crippen molar-refractivity contribution >= 4 is 31.9 Å². The Kier molecular flexibility index (Phi) is 3.30. The summed E-state index contributed by atoms with van der Waals surface area (Å²) in [7, 11) is 0. The molecule has 0 saturated heterocycles. The number of hydrogen-bond acceptors (Lipinski definition) is 1. The lowest BCUT2D eigenvalue weighted by Gasteiger charge is -2.05. The first-order valence-corrected chi connectivity index (χ1v) is 5.06. The molecule has 0 spiro atoms. The lowest BCUT2D eigenvalue weighted by atomic mass is 10.1. The predicted octanol–water partition coefficient (Wildman–Crippen LogP) is 3.59. The van der Waals surface area contributed by atoms with Gasteiger partial charge in [-0.05, 0) is 24.1 Å². The molecule has 0 N–H and O–H groups in total. The van der Waals surface area contributed by atoms with Gasteiger partial charge in [0.15, 0.2) is 0 Å². The van der Waals surface area contributed by atoms with Crippen LogP contribution in [0.2, 0.25) is 0 Å². The number of hydrogen-bond donors (Lipinski definition) is 0. The van der Waals surface area contributed by atoms with Gasteiger partial charge in [0.1, 0.15) is 0 Å². The predicted molar refractivity (Wildman–Crippen MR) is 55.9 cm³/mol. The lowest BCUT2D eigenvalue weighted by molar-refractivity contribution is 1.21. The van der Waals surface area contributed by atoms with Gasteiger partial charge >= 0.3 is 0 Å². The molecule has 0 heterocycles. The minimum Gasteiger partial charge on any atom is -0.198 e. The normalized spacial score (nSPS) is 9.50. The molecule has 0 aliphatic heterocycles. The molecule has 0 aromatic heterocycles. The first kappa shape index (κ1) is 9.76. The van der Waals surface area contributed by atoms with Gasteiger partial charge in [0, 0.05) is 8.95 Å². The molecule has 1 aromatic carbocycles. The monoisotopic (exact) mass is 287 g/mol. The van der Waals surface area contributed by atoms with Crippen LogP contribution in [0, 0.1) is 18.3 Å². The summed E-state index contributed by atoms with van der Waals surface area (Å²) in [5.74, 6) is 0. The van der Waals surface area contributed by atoms with Crippen molar-refractivity contribution in [1.82, 2.24) is 0 Å². The Morgan fingerprint density at radius 2 is 2.08 bits per heavy atom. The van der Waals surface area contributed by atoms with Gasteiger partial charge in [0.25, 0.3) is 0 Å². The van der Waals surface area contributed by atoms with Gasteiger partial charge in [-0.15, -0.1) is 0 Å². The van der Waals surface area contributed by atoms with E-state index < -0.39 is 0 Å². The molecule has 0 amide bonds. The Balaban J connectivity index is 3.19. The van der Waals surface area contributed by atoms with Crippen LogP contribution in [0.15, 0.2) is 21.1 Å². The average Bonchev–Trinajstić information content (AvgIpc) is 2.07. The topological polar surface area (TPSA) is 23.8 Å². The summed E-state index contributed by atoms with van der Waals surface area (Å²) in [5.41, 5.74) is 2.18. The van der Waals surface area contributed by atoms with Crippen LogP contribution in [0.3, 0.4) is 0 Å². The Labute approximate surface area is 88.7 Å². The Bertz CT molecular complexity index is 339. The molecule has 0 fully saturated rings. The van der Waals surface area contributed by atoms with Crippen molar-refractivity contribution in [1.29, 1.82) is 5.26 Å². The number of benzene rings is 1. The quantitative estimate of drug-likeness (QED) is 0.775. The molecule has 0 bridgehead atoms.